The highest BCUT2D eigenvalue weighted by atomic mass is 19.4. The van der Waals surface area contributed by atoms with Crippen LogP contribution < -0.4 is 16.6 Å². The molecular weight excluding hydrogens is 341 g/mol. The molecular formula is C15H15F3N4O3. The predicted molar refractivity (Wildman–Crippen MR) is 85.4 cm³/mol. The van der Waals surface area contributed by atoms with E-state index in [0.29, 0.717) is 12.1 Å². The summed E-state index contributed by atoms with van der Waals surface area (Å²) >= 11 is 0. The number of nitrogens with two attached hydrogens (primary N) is 1. The Hall–Kier alpha value is -3.04. The summed E-state index contributed by atoms with van der Waals surface area (Å²) in [7, 11) is 0. The van der Waals surface area contributed by atoms with E-state index in [9.17, 15) is 27.9 Å². The molecule has 0 amide bonds. The van der Waals surface area contributed by atoms with Crippen molar-refractivity contribution in [3.8, 4) is 11.3 Å². The zero-order valence-electron chi connectivity index (χ0n) is 13.2. The number of hydrogen-bond donors (Lipinski definition) is 4. The van der Waals surface area contributed by atoms with Crippen molar-refractivity contribution in [2.45, 2.75) is 26.1 Å². The topological polar surface area (TPSA) is 121 Å². The normalized spacial score (nSPS) is 11.6. The van der Waals surface area contributed by atoms with E-state index in [2.05, 4.69) is 15.3 Å². The van der Waals surface area contributed by atoms with Gasteiger partial charge in [0.2, 0.25) is 0 Å². The van der Waals surface area contributed by atoms with E-state index in [1.54, 1.807) is 13.8 Å². The highest BCUT2D eigenvalue weighted by molar-refractivity contribution is 5.93. The number of alkyl halides is 3. The summed E-state index contributed by atoms with van der Waals surface area (Å²) in [6, 6.07) is 2.34. The smallest absolute Gasteiger partial charge is 0.416 e. The Kier molecular flexibility index (Phi) is 4.73. The Morgan fingerprint density at radius 1 is 1.32 bits per heavy atom. The molecule has 10 heteroatoms. The van der Waals surface area contributed by atoms with Crippen LogP contribution in [-0.2, 0) is 6.18 Å². The van der Waals surface area contributed by atoms with Crippen molar-refractivity contribution in [1.82, 2.24) is 9.97 Å². The number of hydrogen-bond acceptors (Lipinski definition) is 5. The van der Waals surface area contributed by atoms with Crippen molar-refractivity contribution in [3.05, 3.63) is 39.8 Å². The molecule has 134 valence electrons. The summed E-state index contributed by atoms with van der Waals surface area (Å²) in [5.74, 6) is -1.75. The molecule has 0 fully saturated rings. The molecule has 0 aliphatic heterocycles. The Morgan fingerprint density at radius 2 is 1.96 bits per heavy atom. The zero-order chi connectivity index (χ0) is 18.9. The van der Waals surface area contributed by atoms with Crippen LogP contribution in [-0.4, -0.2) is 27.1 Å². The van der Waals surface area contributed by atoms with Crippen molar-refractivity contribution < 1.29 is 23.1 Å². The van der Waals surface area contributed by atoms with Gasteiger partial charge < -0.3 is 21.1 Å². The second-order valence-electron chi connectivity index (χ2n) is 5.58. The number of carbonyl (C=O) groups is 1. The minimum Gasteiger partial charge on any atom is -0.476 e. The quantitative estimate of drug-likeness (QED) is 0.625. The predicted octanol–water partition coefficient (Wildman–Crippen LogP) is 2.56. The number of rotatable bonds is 4. The number of aromatic amines is 1. The van der Waals surface area contributed by atoms with Gasteiger partial charge in [-0.25, -0.2) is 9.78 Å². The van der Waals surface area contributed by atoms with E-state index in [1.165, 1.54) is 0 Å². The molecule has 0 atom stereocenters. The molecule has 0 spiro atoms. The number of nitrogen functional groups attached to an aromatic ring is 1. The number of nitrogens with zero attached hydrogens (tertiary/aromatic N) is 1. The van der Waals surface area contributed by atoms with E-state index < -0.39 is 29.0 Å². The summed E-state index contributed by atoms with van der Waals surface area (Å²) in [6.07, 6.45) is -4.68. The first-order valence-electron chi connectivity index (χ1n) is 7.11. The fourth-order valence-corrected chi connectivity index (χ4v) is 2.14. The molecule has 0 bridgehead atoms. The standard InChI is InChI=1S/C15H15F3N4O3/c1-6(2)20-12-13(23)22-10(11(21-12)14(24)25)7-3-8(15(16,17)18)5-9(19)4-7/h3-6H,19H2,1-2H3,(H,20,21)(H,22,23)(H,24,25). The Morgan fingerprint density at radius 3 is 2.48 bits per heavy atom. The number of halogens is 3. The zero-order valence-corrected chi connectivity index (χ0v) is 13.2. The summed E-state index contributed by atoms with van der Waals surface area (Å²) in [6.45, 7) is 3.42. The maximum atomic E-state index is 12.9. The largest absolute Gasteiger partial charge is 0.476 e. The average molecular weight is 356 g/mol. The summed E-state index contributed by atoms with van der Waals surface area (Å²) in [5.41, 5.74) is 2.27. The lowest BCUT2D eigenvalue weighted by atomic mass is 10.0. The third kappa shape index (κ3) is 4.08. The van der Waals surface area contributed by atoms with Gasteiger partial charge in [0.15, 0.2) is 11.5 Å². The molecule has 1 heterocycles. The first-order chi connectivity index (χ1) is 11.5. The van der Waals surface area contributed by atoms with E-state index >= 15 is 0 Å². The highest BCUT2D eigenvalue weighted by Crippen LogP contribution is 2.34. The maximum Gasteiger partial charge on any atom is 0.416 e. The van der Waals surface area contributed by atoms with Crippen molar-refractivity contribution in [3.63, 3.8) is 0 Å². The van der Waals surface area contributed by atoms with E-state index in [0.717, 1.165) is 6.07 Å². The number of nitrogens with one attached hydrogen (secondary N) is 2. The summed E-state index contributed by atoms with van der Waals surface area (Å²) in [5, 5.41) is 12.0. The first kappa shape index (κ1) is 18.3. The molecule has 2 aromatic rings. The molecule has 1 aromatic carbocycles. The molecule has 0 radical (unpaired) electrons. The van der Waals surface area contributed by atoms with Gasteiger partial charge >= 0.3 is 12.1 Å². The van der Waals surface area contributed by atoms with Crippen LogP contribution >= 0.6 is 0 Å². The van der Waals surface area contributed by atoms with Gasteiger partial charge in [0.05, 0.1) is 11.3 Å². The number of carboxylic acids is 1. The Balaban J connectivity index is 2.71. The van der Waals surface area contributed by atoms with Gasteiger partial charge in [-0.2, -0.15) is 13.2 Å². The van der Waals surface area contributed by atoms with Crippen LogP contribution in [0.25, 0.3) is 11.3 Å². The van der Waals surface area contributed by atoms with Gasteiger partial charge in [0.25, 0.3) is 5.56 Å². The lowest BCUT2D eigenvalue weighted by Gasteiger charge is -2.13. The molecule has 0 aliphatic rings. The molecule has 0 aliphatic carbocycles. The summed E-state index contributed by atoms with van der Waals surface area (Å²) in [4.78, 5) is 29.5. The van der Waals surface area contributed by atoms with Gasteiger partial charge in [0, 0.05) is 17.3 Å². The van der Waals surface area contributed by atoms with Gasteiger partial charge in [-0.05, 0) is 32.0 Å². The van der Waals surface area contributed by atoms with Crippen molar-refractivity contribution >= 4 is 17.5 Å². The van der Waals surface area contributed by atoms with Gasteiger partial charge in [-0.3, -0.25) is 4.79 Å². The van der Waals surface area contributed by atoms with Crippen LogP contribution in [0.1, 0.15) is 29.9 Å². The monoisotopic (exact) mass is 356 g/mol. The van der Waals surface area contributed by atoms with Gasteiger partial charge in [-0.1, -0.05) is 0 Å². The van der Waals surface area contributed by atoms with Crippen LogP contribution in [0.5, 0.6) is 0 Å². The number of benzene rings is 1. The van der Waals surface area contributed by atoms with Crippen molar-refractivity contribution in [2.24, 2.45) is 0 Å². The number of aromatic carboxylic acids is 1. The number of anilines is 2. The minimum absolute atomic E-state index is 0.203. The van der Waals surface area contributed by atoms with Crippen LogP contribution in [0.3, 0.4) is 0 Å². The lowest BCUT2D eigenvalue weighted by molar-refractivity contribution is -0.137. The first-order valence-corrected chi connectivity index (χ1v) is 7.11. The fraction of sp³-hybridized carbons (Fsp3) is 0.267. The lowest BCUT2D eigenvalue weighted by Crippen LogP contribution is -2.24. The second kappa shape index (κ2) is 6.46. The second-order valence-corrected chi connectivity index (χ2v) is 5.58. The molecule has 0 saturated heterocycles. The molecule has 5 N–H and O–H groups in total. The molecule has 0 unspecified atom stereocenters. The van der Waals surface area contributed by atoms with Crippen molar-refractivity contribution in [2.75, 3.05) is 11.1 Å². The molecule has 2 rings (SSSR count). The van der Waals surface area contributed by atoms with Crippen LogP contribution in [0.15, 0.2) is 23.0 Å². The van der Waals surface area contributed by atoms with Crippen molar-refractivity contribution in [1.29, 1.82) is 0 Å². The maximum absolute atomic E-state index is 12.9. The number of H-pyrrole nitrogens is 1. The van der Waals surface area contributed by atoms with E-state index in [4.69, 9.17) is 5.73 Å². The molecule has 0 saturated carbocycles. The van der Waals surface area contributed by atoms with E-state index in [1.807, 2.05) is 0 Å². The van der Waals surface area contributed by atoms with Gasteiger partial charge in [-0.15, -0.1) is 0 Å². The van der Waals surface area contributed by atoms with Gasteiger partial charge in [0.1, 0.15) is 0 Å². The minimum atomic E-state index is -4.68. The highest BCUT2D eigenvalue weighted by Gasteiger charge is 2.32. The van der Waals surface area contributed by atoms with Crippen LogP contribution in [0.4, 0.5) is 24.7 Å². The Bertz CT molecular complexity index is 875. The fourth-order valence-electron chi connectivity index (χ4n) is 2.14. The Labute approximate surface area is 139 Å². The average Bonchev–Trinajstić information content (AvgIpc) is 2.46. The van der Waals surface area contributed by atoms with Crippen LogP contribution in [0.2, 0.25) is 0 Å². The molecule has 1 aromatic heterocycles. The summed E-state index contributed by atoms with van der Waals surface area (Å²) < 4.78 is 38.8. The third-order valence-corrected chi connectivity index (χ3v) is 3.11. The van der Waals surface area contributed by atoms with E-state index in [-0.39, 0.29) is 28.8 Å². The number of aromatic nitrogens is 2. The molecule has 25 heavy (non-hydrogen) atoms. The van der Waals surface area contributed by atoms with Crippen LogP contribution in [0, 0.1) is 0 Å². The molecule has 7 nitrogen and oxygen atoms in total. The number of carboxylic acid groups (broad SMARTS) is 1. The third-order valence-electron chi connectivity index (χ3n) is 3.11. The SMILES string of the molecule is CC(C)Nc1nc(C(=O)O)c(-c2cc(N)cc(C(F)(F)F)c2)[nH]c1=O.